The highest BCUT2D eigenvalue weighted by Gasteiger charge is 2.28. The zero-order valence-electron chi connectivity index (χ0n) is 21.0. The van der Waals surface area contributed by atoms with Gasteiger partial charge in [-0.2, -0.15) is 0 Å². The lowest BCUT2D eigenvalue weighted by atomic mass is 9.89. The third kappa shape index (κ3) is 4.22. The van der Waals surface area contributed by atoms with Gasteiger partial charge in [-0.25, -0.2) is 19.6 Å². The first-order valence-electron chi connectivity index (χ1n) is 12.2. The van der Waals surface area contributed by atoms with Crippen LogP contribution in [0.5, 0.6) is 11.6 Å². The van der Waals surface area contributed by atoms with Gasteiger partial charge in [-0.3, -0.25) is 4.98 Å². The molecule has 9 nitrogen and oxygen atoms in total. The highest BCUT2D eigenvalue weighted by molar-refractivity contribution is 5.68. The minimum Gasteiger partial charge on any atom is -0.496 e. The number of methoxy groups -OCH3 is 2. The quantitative estimate of drug-likeness (QED) is 0.334. The van der Waals surface area contributed by atoms with Crippen LogP contribution >= 0.6 is 0 Å². The van der Waals surface area contributed by atoms with Gasteiger partial charge in [-0.1, -0.05) is 12.1 Å². The van der Waals surface area contributed by atoms with Crippen LogP contribution in [0.4, 0.5) is 0 Å². The minimum absolute atomic E-state index is 0.110. The van der Waals surface area contributed by atoms with Gasteiger partial charge in [0.05, 0.1) is 31.9 Å². The number of pyridine rings is 2. The summed E-state index contributed by atoms with van der Waals surface area (Å²) in [7, 11) is 3.30. The highest BCUT2D eigenvalue weighted by atomic mass is 16.5. The summed E-state index contributed by atoms with van der Waals surface area (Å²) in [6, 6.07) is 16.1. The maximum absolute atomic E-state index is 5.64. The van der Waals surface area contributed by atoms with Gasteiger partial charge in [-0.15, -0.1) is 5.10 Å². The largest absolute Gasteiger partial charge is 0.496 e. The van der Waals surface area contributed by atoms with E-state index < -0.39 is 0 Å². The Hall–Kier alpha value is -4.53. The second-order valence-electron chi connectivity index (χ2n) is 9.03. The molecule has 0 radical (unpaired) electrons. The van der Waals surface area contributed by atoms with Crippen molar-refractivity contribution >= 4 is 0 Å². The summed E-state index contributed by atoms with van der Waals surface area (Å²) >= 11 is 0. The van der Waals surface area contributed by atoms with E-state index in [4.69, 9.17) is 24.5 Å². The molecule has 1 unspecified atom stereocenters. The number of fused-ring (bicyclic) bond motifs is 1. The van der Waals surface area contributed by atoms with Crippen molar-refractivity contribution in [1.82, 2.24) is 34.3 Å². The topological polar surface area (TPSA) is 92.8 Å². The zero-order valence-corrected chi connectivity index (χ0v) is 21.0. The molecule has 1 atom stereocenters. The average Bonchev–Trinajstić information content (AvgIpc) is 3.59. The lowest BCUT2D eigenvalue weighted by molar-refractivity contribution is 0.396. The van der Waals surface area contributed by atoms with Crippen LogP contribution in [0.25, 0.3) is 28.5 Å². The molecule has 9 heteroatoms. The van der Waals surface area contributed by atoms with Crippen LogP contribution in [0.15, 0.2) is 67.3 Å². The van der Waals surface area contributed by atoms with Gasteiger partial charge in [0, 0.05) is 30.4 Å². The fourth-order valence-electron chi connectivity index (χ4n) is 4.90. The third-order valence-corrected chi connectivity index (χ3v) is 6.69. The van der Waals surface area contributed by atoms with Gasteiger partial charge in [0.1, 0.15) is 23.0 Å². The number of ether oxygens (including phenoxy) is 2. The van der Waals surface area contributed by atoms with E-state index in [-0.39, 0.29) is 5.92 Å². The Morgan fingerprint density at radius 2 is 1.86 bits per heavy atom. The predicted octanol–water partition coefficient (Wildman–Crippen LogP) is 4.84. The summed E-state index contributed by atoms with van der Waals surface area (Å²) < 4.78 is 15.1. The molecule has 0 bridgehead atoms. The lowest BCUT2D eigenvalue weighted by Crippen LogP contribution is -2.18. The molecule has 4 aromatic heterocycles. The van der Waals surface area contributed by atoms with Crippen molar-refractivity contribution in [2.24, 2.45) is 0 Å². The molecule has 0 amide bonds. The molecule has 0 saturated carbocycles. The van der Waals surface area contributed by atoms with Gasteiger partial charge >= 0.3 is 0 Å². The van der Waals surface area contributed by atoms with Crippen molar-refractivity contribution in [3.05, 3.63) is 84.3 Å². The second kappa shape index (κ2) is 9.50. The van der Waals surface area contributed by atoms with E-state index in [2.05, 4.69) is 22.1 Å². The summed E-state index contributed by atoms with van der Waals surface area (Å²) in [5.41, 5.74) is 5.41. The van der Waals surface area contributed by atoms with Crippen LogP contribution in [0, 0.1) is 6.92 Å². The maximum atomic E-state index is 5.64. The molecular weight excluding hydrogens is 466 g/mol. The number of hydrogen-bond donors (Lipinski definition) is 0. The third-order valence-electron chi connectivity index (χ3n) is 6.69. The minimum atomic E-state index is 0.110. The molecule has 186 valence electrons. The van der Waals surface area contributed by atoms with Crippen LogP contribution in [-0.4, -0.2) is 48.5 Å². The molecule has 0 N–H and O–H groups in total. The molecule has 1 aliphatic rings. The summed E-state index contributed by atoms with van der Waals surface area (Å²) in [6.07, 6.45) is 7.49. The monoisotopic (exact) mass is 493 g/mol. The number of aryl methyl sites for hydroxylation is 2. The van der Waals surface area contributed by atoms with E-state index in [0.717, 1.165) is 59.2 Å². The summed E-state index contributed by atoms with van der Waals surface area (Å²) in [6.45, 7) is 2.77. The van der Waals surface area contributed by atoms with Gasteiger partial charge in [0.25, 0.3) is 0 Å². The molecule has 5 aromatic rings. The molecule has 37 heavy (non-hydrogen) atoms. The summed E-state index contributed by atoms with van der Waals surface area (Å²) in [4.78, 5) is 18.6. The van der Waals surface area contributed by atoms with Crippen molar-refractivity contribution in [3.8, 4) is 40.1 Å². The van der Waals surface area contributed by atoms with E-state index in [1.807, 2.05) is 58.8 Å². The van der Waals surface area contributed by atoms with E-state index in [0.29, 0.717) is 17.4 Å². The maximum Gasteiger partial charge on any atom is 0.238 e. The SMILES string of the molecule is COc1ccc(C2CCCn3nc(-c4ccc(-n5cnc(C)c5)c(OC)n4)nc32)cc1-c1ccccn1. The Kier molecular flexibility index (Phi) is 5.88. The van der Waals surface area contributed by atoms with E-state index in [1.165, 1.54) is 0 Å². The first-order valence-corrected chi connectivity index (χ1v) is 12.2. The molecule has 0 fully saturated rings. The molecule has 6 rings (SSSR count). The zero-order chi connectivity index (χ0) is 25.4. The Morgan fingerprint density at radius 1 is 0.946 bits per heavy atom. The molecular formula is C28H27N7O2. The van der Waals surface area contributed by atoms with Crippen LogP contribution in [0.1, 0.15) is 35.8 Å². The van der Waals surface area contributed by atoms with Crippen LogP contribution in [0.3, 0.4) is 0 Å². The molecule has 5 heterocycles. The van der Waals surface area contributed by atoms with Crippen molar-refractivity contribution in [2.75, 3.05) is 14.2 Å². The molecule has 0 aliphatic carbocycles. The molecule has 1 aromatic carbocycles. The molecule has 0 saturated heterocycles. The van der Waals surface area contributed by atoms with Gasteiger partial charge in [0.2, 0.25) is 5.88 Å². The van der Waals surface area contributed by atoms with Crippen LogP contribution in [-0.2, 0) is 6.54 Å². The normalized spacial score (nSPS) is 14.8. The Labute approximate surface area is 214 Å². The average molecular weight is 494 g/mol. The van der Waals surface area contributed by atoms with E-state index >= 15 is 0 Å². The molecule has 0 spiro atoms. The second-order valence-corrected chi connectivity index (χ2v) is 9.03. The Balaban J connectivity index is 1.37. The van der Waals surface area contributed by atoms with Gasteiger partial charge in [-0.05, 0) is 61.7 Å². The first-order chi connectivity index (χ1) is 18.1. The number of hydrogen-bond acceptors (Lipinski definition) is 7. The van der Waals surface area contributed by atoms with Crippen LogP contribution in [0.2, 0.25) is 0 Å². The standard InChI is InChI=1S/C28H27N7O2/c1-18-16-34(17-30-18)24-11-10-23(31-28(24)37-3)26-32-27-20(7-6-14-35(27)33-26)19-9-12-25(36-2)21(15-19)22-8-4-5-13-29-22/h4-5,8-13,15-17,20H,6-7,14H2,1-3H3. The number of imidazole rings is 1. The van der Waals surface area contributed by atoms with E-state index in [1.54, 1.807) is 26.7 Å². The number of benzene rings is 1. The van der Waals surface area contributed by atoms with Crippen molar-refractivity contribution in [2.45, 2.75) is 32.2 Å². The number of rotatable bonds is 6. The highest BCUT2D eigenvalue weighted by Crippen LogP contribution is 2.38. The fourth-order valence-corrected chi connectivity index (χ4v) is 4.90. The van der Waals surface area contributed by atoms with Gasteiger partial charge in [0.15, 0.2) is 5.82 Å². The van der Waals surface area contributed by atoms with Crippen molar-refractivity contribution < 1.29 is 9.47 Å². The van der Waals surface area contributed by atoms with Crippen LogP contribution < -0.4 is 9.47 Å². The smallest absolute Gasteiger partial charge is 0.238 e. The van der Waals surface area contributed by atoms with Crippen molar-refractivity contribution in [1.29, 1.82) is 0 Å². The van der Waals surface area contributed by atoms with Crippen molar-refractivity contribution in [3.63, 3.8) is 0 Å². The Bertz CT molecular complexity index is 1560. The summed E-state index contributed by atoms with van der Waals surface area (Å²) in [5, 5.41) is 4.82. The number of aromatic nitrogens is 7. The fraction of sp³-hybridized carbons (Fsp3) is 0.250. The van der Waals surface area contributed by atoms with Gasteiger partial charge < -0.3 is 14.0 Å². The lowest BCUT2D eigenvalue weighted by Gasteiger charge is -2.23. The summed E-state index contributed by atoms with van der Waals surface area (Å²) in [5.74, 6) is 2.93. The number of nitrogens with zero attached hydrogens (tertiary/aromatic N) is 7. The predicted molar refractivity (Wildman–Crippen MR) is 139 cm³/mol. The van der Waals surface area contributed by atoms with E-state index in [9.17, 15) is 0 Å². The Morgan fingerprint density at radius 3 is 2.62 bits per heavy atom. The first kappa shape index (κ1) is 22.9. The molecule has 1 aliphatic heterocycles.